The van der Waals surface area contributed by atoms with Gasteiger partial charge in [-0.25, -0.2) is 0 Å². The number of methoxy groups -OCH3 is 1. The fourth-order valence-electron chi connectivity index (χ4n) is 2.61. The molecule has 2 aromatic carbocycles. The van der Waals surface area contributed by atoms with Gasteiger partial charge in [0.25, 0.3) is 5.91 Å². The second-order valence-corrected chi connectivity index (χ2v) is 6.09. The van der Waals surface area contributed by atoms with Gasteiger partial charge in [0.2, 0.25) is 0 Å². The van der Waals surface area contributed by atoms with E-state index >= 15 is 0 Å². The highest BCUT2D eigenvalue weighted by molar-refractivity contribution is 5.94. The van der Waals surface area contributed by atoms with Crippen molar-refractivity contribution in [2.24, 2.45) is 0 Å². The van der Waals surface area contributed by atoms with Crippen molar-refractivity contribution in [1.29, 1.82) is 0 Å². The van der Waals surface area contributed by atoms with Gasteiger partial charge in [0.15, 0.2) is 12.4 Å². The van der Waals surface area contributed by atoms with Crippen LogP contribution in [-0.2, 0) is 4.79 Å². The Kier molecular flexibility index (Phi) is 5.41. The van der Waals surface area contributed by atoms with E-state index in [0.29, 0.717) is 24.4 Å². The second kappa shape index (κ2) is 7.91. The molecular weight excluding hydrogens is 334 g/mol. The second-order valence-electron chi connectivity index (χ2n) is 6.09. The molecule has 0 N–H and O–H groups in total. The van der Waals surface area contributed by atoms with Crippen LogP contribution in [0.2, 0.25) is 0 Å². The first kappa shape index (κ1) is 17.8. The van der Waals surface area contributed by atoms with Gasteiger partial charge < -0.3 is 19.1 Å². The molecule has 0 saturated carbocycles. The summed E-state index contributed by atoms with van der Waals surface area (Å²) >= 11 is 0. The van der Waals surface area contributed by atoms with Crippen LogP contribution in [0.4, 0.5) is 0 Å². The first-order valence-electron chi connectivity index (χ1n) is 8.37. The number of carbonyl (C=O) groups excluding carboxylic acids is 2. The monoisotopic (exact) mass is 355 g/mol. The molecular formula is C20H21NO5. The molecule has 1 amide bonds. The smallest absolute Gasteiger partial charge is 0.260 e. The summed E-state index contributed by atoms with van der Waals surface area (Å²) in [5.41, 5.74) is 0.615. The summed E-state index contributed by atoms with van der Waals surface area (Å²) in [6, 6.07) is 14.1. The first-order valence-corrected chi connectivity index (χ1v) is 8.37. The van der Waals surface area contributed by atoms with Gasteiger partial charge in [0, 0.05) is 11.6 Å². The van der Waals surface area contributed by atoms with Crippen molar-refractivity contribution in [1.82, 2.24) is 4.90 Å². The fourth-order valence-corrected chi connectivity index (χ4v) is 2.61. The molecule has 6 heteroatoms. The van der Waals surface area contributed by atoms with E-state index in [4.69, 9.17) is 14.2 Å². The molecule has 0 spiro atoms. The van der Waals surface area contributed by atoms with Crippen LogP contribution in [0.25, 0.3) is 0 Å². The Morgan fingerprint density at radius 3 is 2.38 bits per heavy atom. The molecule has 0 aromatic heterocycles. The van der Waals surface area contributed by atoms with Crippen molar-refractivity contribution >= 4 is 11.7 Å². The lowest BCUT2D eigenvalue weighted by Gasteiger charge is -2.38. The van der Waals surface area contributed by atoms with Crippen LogP contribution in [0.3, 0.4) is 0 Å². The van der Waals surface area contributed by atoms with Crippen LogP contribution in [-0.4, -0.2) is 49.5 Å². The number of amides is 1. The predicted octanol–water partition coefficient (Wildman–Crippen LogP) is 2.57. The molecule has 1 saturated heterocycles. The van der Waals surface area contributed by atoms with E-state index in [1.807, 2.05) is 24.3 Å². The maximum absolute atomic E-state index is 12.1. The Morgan fingerprint density at radius 1 is 1.04 bits per heavy atom. The molecule has 1 aliphatic heterocycles. The summed E-state index contributed by atoms with van der Waals surface area (Å²) in [6.07, 6.45) is -0.0269. The molecule has 1 heterocycles. The standard InChI is InChI=1S/C20H21NO5/c1-14(22)15-6-8-16(9-7-15)25-13-20(23)21-11-19(12-21)26-18-5-3-4-17(10-18)24-2/h3-10,19H,11-13H2,1-2H3. The minimum atomic E-state index is -0.0915. The van der Waals surface area contributed by atoms with Crippen molar-refractivity contribution in [3.8, 4) is 17.2 Å². The van der Waals surface area contributed by atoms with Crippen LogP contribution < -0.4 is 14.2 Å². The number of carbonyl (C=O) groups is 2. The van der Waals surface area contributed by atoms with Crippen LogP contribution in [0, 0.1) is 0 Å². The summed E-state index contributed by atoms with van der Waals surface area (Å²) < 4.78 is 16.5. The molecule has 0 atom stereocenters. The Labute approximate surface area is 152 Å². The van der Waals surface area contributed by atoms with Gasteiger partial charge >= 0.3 is 0 Å². The molecule has 26 heavy (non-hydrogen) atoms. The molecule has 2 aromatic rings. The fraction of sp³-hybridized carbons (Fsp3) is 0.300. The average molecular weight is 355 g/mol. The van der Waals surface area contributed by atoms with Crippen LogP contribution in [0.15, 0.2) is 48.5 Å². The largest absolute Gasteiger partial charge is 0.497 e. The highest BCUT2D eigenvalue weighted by Gasteiger charge is 2.32. The van der Waals surface area contributed by atoms with E-state index in [0.717, 1.165) is 11.5 Å². The van der Waals surface area contributed by atoms with E-state index in [-0.39, 0.29) is 24.4 Å². The molecule has 6 nitrogen and oxygen atoms in total. The lowest BCUT2D eigenvalue weighted by molar-refractivity contribution is -0.142. The number of likely N-dealkylation sites (tertiary alicyclic amines) is 1. The van der Waals surface area contributed by atoms with Gasteiger partial charge in [-0.05, 0) is 43.3 Å². The highest BCUT2D eigenvalue weighted by atomic mass is 16.5. The number of hydrogen-bond donors (Lipinski definition) is 0. The number of hydrogen-bond acceptors (Lipinski definition) is 5. The van der Waals surface area contributed by atoms with Gasteiger partial charge in [-0.3, -0.25) is 9.59 Å². The number of ether oxygens (including phenoxy) is 3. The molecule has 1 aliphatic rings. The van der Waals surface area contributed by atoms with Gasteiger partial charge in [-0.15, -0.1) is 0 Å². The van der Waals surface area contributed by atoms with Crippen LogP contribution in [0.5, 0.6) is 17.2 Å². The number of Topliss-reactive ketones (excluding diaryl/α,β-unsaturated/α-hetero) is 1. The molecule has 1 fully saturated rings. The van der Waals surface area contributed by atoms with E-state index < -0.39 is 0 Å². The number of ketones is 1. The molecule has 3 rings (SSSR count). The topological polar surface area (TPSA) is 65.1 Å². The normalized spacial score (nSPS) is 13.7. The summed E-state index contributed by atoms with van der Waals surface area (Å²) in [6.45, 7) is 2.53. The van der Waals surface area contributed by atoms with E-state index in [1.54, 1.807) is 36.3 Å². The lowest BCUT2D eigenvalue weighted by Crippen LogP contribution is -2.57. The summed E-state index contributed by atoms with van der Waals surface area (Å²) in [4.78, 5) is 25.1. The zero-order valence-corrected chi connectivity index (χ0v) is 14.8. The van der Waals surface area contributed by atoms with Crippen molar-refractivity contribution in [3.63, 3.8) is 0 Å². The van der Waals surface area contributed by atoms with Gasteiger partial charge in [-0.1, -0.05) is 6.07 Å². The zero-order chi connectivity index (χ0) is 18.5. The quantitative estimate of drug-likeness (QED) is 0.714. The minimum Gasteiger partial charge on any atom is -0.497 e. The van der Waals surface area contributed by atoms with Crippen molar-refractivity contribution < 1.29 is 23.8 Å². The Hall–Kier alpha value is -3.02. The third kappa shape index (κ3) is 4.33. The Morgan fingerprint density at radius 2 is 1.73 bits per heavy atom. The minimum absolute atomic E-state index is 0.00437. The predicted molar refractivity (Wildman–Crippen MR) is 95.9 cm³/mol. The Balaban J connectivity index is 1.42. The van der Waals surface area contributed by atoms with Crippen LogP contribution >= 0.6 is 0 Å². The average Bonchev–Trinajstić information content (AvgIpc) is 2.63. The lowest BCUT2D eigenvalue weighted by atomic mass is 10.1. The van der Waals surface area contributed by atoms with E-state index in [2.05, 4.69) is 0 Å². The van der Waals surface area contributed by atoms with Crippen molar-refractivity contribution in [2.75, 3.05) is 26.8 Å². The van der Waals surface area contributed by atoms with Gasteiger partial charge in [-0.2, -0.15) is 0 Å². The summed E-state index contributed by atoms with van der Waals surface area (Å²) in [5, 5.41) is 0. The molecule has 136 valence electrons. The maximum Gasteiger partial charge on any atom is 0.260 e. The van der Waals surface area contributed by atoms with Gasteiger partial charge in [0.05, 0.1) is 20.2 Å². The third-order valence-electron chi connectivity index (χ3n) is 4.17. The molecule has 0 aliphatic carbocycles. The number of nitrogens with zero attached hydrogens (tertiary/aromatic N) is 1. The number of benzene rings is 2. The van der Waals surface area contributed by atoms with Gasteiger partial charge in [0.1, 0.15) is 23.4 Å². The van der Waals surface area contributed by atoms with Crippen molar-refractivity contribution in [2.45, 2.75) is 13.0 Å². The van der Waals surface area contributed by atoms with Crippen LogP contribution in [0.1, 0.15) is 17.3 Å². The third-order valence-corrected chi connectivity index (χ3v) is 4.17. The Bertz CT molecular complexity index is 781. The number of rotatable bonds is 7. The summed E-state index contributed by atoms with van der Waals surface area (Å²) in [7, 11) is 1.61. The zero-order valence-electron chi connectivity index (χ0n) is 14.8. The highest BCUT2D eigenvalue weighted by Crippen LogP contribution is 2.23. The molecule has 0 unspecified atom stereocenters. The first-order chi connectivity index (χ1) is 12.5. The SMILES string of the molecule is COc1cccc(OC2CN(C(=O)COc3ccc(C(C)=O)cc3)C2)c1. The van der Waals surface area contributed by atoms with E-state index in [9.17, 15) is 9.59 Å². The summed E-state index contributed by atoms with van der Waals surface area (Å²) in [5.74, 6) is 1.93. The molecule has 0 radical (unpaired) electrons. The van der Waals surface area contributed by atoms with E-state index in [1.165, 1.54) is 6.92 Å². The maximum atomic E-state index is 12.1. The molecule has 0 bridgehead atoms. The van der Waals surface area contributed by atoms with Crippen molar-refractivity contribution in [3.05, 3.63) is 54.1 Å².